The van der Waals surface area contributed by atoms with Gasteiger partial charge in [-0.15, -0.1) is 0 Å². The Balaban J connectivity index is 1.58. The molecule has 2 aliphatic rings. The Kier molecular flexibility index (Phi) is 4.09. The maximum atomic E-state index is 13.0. The van der Waals surface area contributed by atoms with Crippen LogP contribution in [0.25, 0.3) is 10.9 Å². The Labute approximate surface area is 152 Å². The van der Waals surface area contributed by atoms with Crippen LogP contribution >= 0.6 is 0 Å². The van der Waals surface area contributed by atoms with E-state index in [2.05, 4.69) is 4.98 Å². The van der Waals surface area contributed by atoms with Crippen LogP contribution in [0.4, 0.5) is 0 Å². The number of H-pyrrole nitrogens is 1. The fourth-order valence-electron chi connectivity index (χ4n) is 4.36. The number of hydrogen-bond acceptors (Lipinski definition) is 4. The maximum Gasteiger partial charge on any atom is 0.253 e. The number of aromatic nitrogens is 1. The van der Waals surface area contributed by atoms with Crippen LogP contribution in [-0.2, 0) is 10.0 Å². The number of sulfonamides is 1. The van der Waals surface area contributed by atoms with Crippen LogP contribution in [0.2, 0.25) is 0 Å². The zero-order valence-electron chi connectivity index (χ0n) is 14.7. The highest BCUT2D eigenvalue weighted by Gasteiger charge is 2.52. The van der Waals surface area contributed by atoms with Crippen LogP contribution in [-0.4, -0.2) is 72.7 Å². The van der Waals surface area contributed by atoms with Crippen molar-refractivity contribution in [3.05, 3.63) is 36.0 Å². The van der Waals surface area contributed by atoms with Crippen molar-refractivity contribution in [2.24, 2.45) is 11.3 Å². The minimum absolute atomic E-state index is 0.0721. The lowest BCUT2D eigenvalue weighted by Crippen LogP contribution is -2.52. The molecule has 0 spiro atoms. The number of rotatable bonds is 3. The van der Waals surface area contributed by atoms with Gasteiger partial charge in [-0.1, -0.05) is 0 Å². The van der Waals surface area contributed by atoms with Gasteiger partial charge in [0, 0.05) is 54.3 Å². The SMILES string of the molecule is CS(=O)(=O)N1C[C@H]2CCN(C(=O)c3ccc4[nH]ccc4c3)C[C@@]2(CO)C1. The van der Waals surface area contributed by atoms with Gasteiger partial charge in [0.2, 0.25) is 10.0 Å². The Morgan fingerprint density at radius 3 is 2.88 bits per heavy atom. The highest BCUT2D eigenvalue weighted by atomic mass is 32.2. The van der Waals surface area contributed by atoms with E-state index in [0.29, 0.717) is 31.6 Å². The Hall–Kier alpha value is -1.90. The van der Waals surface area contributed by atoms with Crippen molar-refractivity contribution in [3.63, 3.8) is 0 Å². The van der Waals surface area contributed by atoms with Gasteiger partial charge in [0.1, 0.15) is 0 Å². The van der Waals surface area contributed by atoms with Crippen LogP contribution in [0.1, 0.15) is 16.8 Å². The molecule has 140 valence electrons. The van der Waals surface area contributed by atoms with Gasteiger partial charge in [-0.2, -0.15) is 0 Å². The van der Waals surface area contributed by atoms with Gasteiger partial charge >= 0.3 is 0 Å². The summed E-state index contributed by atoms with van der Waals surface area (Å²) in [5.41, 5.74) is 1.02. The van der Waals surface area contributed by atoms with E-state index in [4.69, 9.17) is 0 Å². The number of fused-ring (bicyclic) bond motifs is 2. The molecule has 2 atom stereocenters. The van der Waals surface area contributed by atoms with Crippen LogP contribution in [0, 0.1) is 11.3 Å². The Morgan fingerprint density at radius 1 is 1.35 bits per heavy atom. The van der Waals surface area contributed by atoms with E-state index in [1.54, 1.807) is 11.0 Å². The summed E-state index contributed by atoms with van der Waals surface area (Å²) in [6, 6.07) is 7.48. The van der Waals surface area contributed by atoms with Gasteiger partial charge in [-0.05, 0) is 36.6 Å². The number of amides is 1. The Bertz CT molecular complexity index is 954. The molecule has 3 heterocycles. The summed E-state index contributed by atoms with van der Waals surface area (Å²) in [6.45, 7) is 1.53. The van der Waals surface area contributed by atoms with Crippen molar-refractivity contribution < 1.29 is 18.3 Å². The normalized spacial score (nSPS) is 27.0. The molecule has 2 aromatic rings. The summed E-state index contributed by atoms with van der Waals surface area (Å²) < 4.78 is 25.3. The molecule has 7 nitrogen and oxygen atoms in total. The lowest BCUT2D eigenvalue weighted by atomic mass is 9.74. The first-order valence-corrected chi connectivity index (χ1v) is 10.6. The first kappa shape index (κ1) is 17.5. The summed E-state index contributed by atoms with van der Waals surface area (Å²) in [5.74, 6) is 0.00982. The predicted molar refractivity (Wildman–Crippen MR) is 98.2 cm³/mol. The smallest absolute Gasteiger partial charge is 0.253 e. The number of carbonyl (C=O) groups is 1. The van der Waals surface area contributed by atoms with E-state index >= 15 is 0 Å². The van der Waals surface area contributed by atoms with Gasteiger partial charge < -0.3 is 15.0 Å². The molecule has 4 rings (SSSR count). The summed E-state index contributed by atoms with van der Waals surface area (Å²) >= 11 is 0. The minimum Gasteiger partial charge on any atom is -0.396 e. The van der Waals surface area contributed by atoms with Gasteiger partial charge in [0.25, 0.3) is 5.91 Å². The molecule has 0 aliphatic carbocycles. The topological polar surface area (TPSA) is 93.7 Å². The summed E-state index contributed by atoms with van der Waals surface area (Å²) in [7, 11) is -3.30. The second-order valence-corrected chi connectivity index (χ2v) is 9.55. The van der Waals surface area contributed by atoms with Crippen molar-refractivity contribution >= 4 is 26.8 Å². The Morgan fingerprint density at radius 2 is 2.15 bits per heavy atom. The van der Waals surface area contributed by atoms with E-state index in [9.17, 15) is 18.3 Å². The third-order valence-electron chi connectivity index (χ3n) is 5.91. The van der Waals surface area contributed by atoms with E-state index < -0.39 is 15.4 Å². The second-order valence-electron chi connectivity index (χ2n) is 7.57. The molecular formula is C18H23N3O4S. The monoisotopic (exact) mass is 377 g/mol. The highest BCUT2D eigenvalue weighted by Crippen LogP contribution is 2.43. The van der Waals surface area contributed by atoms with Crippen LogP contribution in [0.5, 0.6) is 0 Å². The van der Waals surface area contributed by atoms with Gasteiger partial charge in [0.05, 0.1) is 12.9 Å². The number of carbonyl (C=O) groups excluding carboxylic acids is 1. The summed E-state index contributed by atoms with van der Waals surface area (Å²) in [5, 5.41) is 11.0. The zero-order valence-corrected chi connectivity index (χ0v) is 15.5. The number of benzene rings is 1. The molecule has 8 heteroatoms. The number of likely N-dealkylation sites (tertiary alicyclic amines) is 1. The molecule has 2 N–H and O–H groups in total. The lowest BCUT2D eigenvalue weighted by molar-refractivity contribution is 0.0129. The molecule has 1 aromatic heterocycles. The zero-order chi connectivity index (χ0) is 18.5. The number of hydrogen-bond donors (Lipinski definition) is 2. The fraction of sp³-hybridized carbons (Fsp3) is 0.500. The number of nitrogens with one attached hydrogen (secondary N) is 1. The molecule has 2 aliphatic heterocycles. The number of piperidine rings is 1. The molecule has 26 heavy (non-hydrogen) atoms. The molecule has 1 aromatic carbocycles. The van der Waals surface area contributed by atoms with Crippen molar-refractivity contribution in [1.29, 1.82) is 0 Å². The maximum absolute atomic E-state index is 13.0. The number of aliphatic hydroxyl groups excluding tert-OH is 1. The molecule has 0 unspecified atom stereocenters. The number of aliphatic hydroxyl groups is 1. The van der Waals surface area contributed by atoms with Gasteiger partial charge in [-0.3, -0.25) is 4.79 Å². The lowest BCUT2D eigenvalue weighted by Gasteiger charge is -2.43. The summed E-state index contributed by atoms with van der Waals surface area (Å²) in [6.07, 6.45) is 3.73. The fourth-order valence-corrected chi connectivity index (χ4v) is 5.30. The quantitative estimate of drug-likeness (QED) is 0.830. The molecule has 2 saturated heterocycles. The molecule has 0 bridgehead atoms. The third kappa shape index (κ3) is 2.82. The van der Waals surface area contributed by atoms with Gasteiger partial charge in [-0.25, -0.2) is 12.7 Å². The first-order chi connectivity index (χ1) is 12.3. The van der Waals surface area contributed by atoms with E-state index in [1.807, 2.05) is 24.4 Å². The summed E-state index contributed by atoms with van der Waals surface area (Å²) in [4.78, 5) is 17.9. The minimum atomic E-state index is -3.30. The average molecular weight is 377 g/mol. The standard InChI is InChI=1S/C18H23N3O4S/c1-26(24,25)21-9-15-5-7-20(10-18(15,11-21)12-22)17(23)14-2-3-16-13(8-14)4-6-19-16/h2-4,6,8,15,19,22H,5,7,9-12H2,1H3/t15-,18+/m1/s1. The molecular weight excluding hydrogens is 354 g/mol. The van der Waals surface area contributed by atoms with Gasteiger partial charge in [0.15, 0.2) is 0 Å². The number of nitrogens with zero attached hydrogens (tertiary/aromatic N) is 2. The molecule has 0 radical (unpaired) electrons. The van der Waals surface area contributed by atoms with E-state index in [0.717, 1.165) is 10.9 Å². The van der Waals surface area contributed by atoms with Crippen molar-refractivity contribution in [2.75, 3.05) is 39.0 Å². The van der Waals surface area contributed by atoms with Crippen molar-refractivity contribution in [1.82, 2.24) is 14.2 Å². The van der Waals surface area contributed by atoms with Crippen LogP contribution in [0.15, 0.2) is 30.5 Å². The largest absolute Gasteiger partial charge is 0.396 e. The van der Waals surface area contributed by atoms with Crippen LogP contribution < -0.4 is 0 Å². The second kappa shape index (κ2) is 6.07. The molecule has 1 amide bonds. The van der Waals surface area contributed by atoms with Crippen molar-refractivity contribution in [3.8, 4) is 0 Å². The first-order valence-electron chi connectivity index (χ1n) is 8.75. The van der Waals surface area contributed by atoms with Crippen LogP contribution in [0.3, 0.4) is 0 Å². The van der Waals surface area contributed by atoms with Crippen molar-refractivity contribution in [2.45, 2.75) is 6.42 Å². The van der Waals surface area contributed by atoms with E-state index in [-0.39, 0.29) is 25.0 Å². The predicted octanol–water partition coefficient (Wildman–Crippen LogP) is 0.884. The van der Waals surface area contributed by atoms with E-state index in [1.165, 1.54) is 10.6 Å². The molecule has 0 saturated carbocycles. The highest BCUT2D eigenvalue weighted by molar-refractivity contribution is 7.88. The third-order valence-corrected chi connectivity index (χ3v) is 7.12. The molecule has 2 fully saturated rings. The number of aromatic amines is 1. The average Bonchev–Trinajstić information content (AvgIpc) is 3.24.